The number of methoxy groups -OCH3 is 1. The topological polar surface area (TPSA) is 157 Å². The summed E-state index contributed by atoms with van der Waals surface area (Å²) in [6, 6.07) is 20.1. The van der Waals surface area contributed by atoms with Gasteiger partial charge in [0, 0.05) is 36.4 Å². The molecule has 0 aliphatic heterocycles. The Morgan fingerprint density at radius 1 is 1.10 bits per heavy atom. The number of carbonyl (C=O) groups excluding carboxylic acids is 1. The van der Waals surface area contributed by atoms with Crippen LogP contribution < -0.4 is 26.7 Å². The number of hydrogen-bond donors (Lipinski definition) is 4. The van der Waals surface area contributed by atoms with E-state index in [4.69, 9.17) is 15.6 Å². The first-order valence-corrected chi connectivity index (χ1v) is 12.9. The maximum Gasteiger partial charge on any atom is 0.263 e. The number of benzene rings is 2. The van der Waals surface area contributed by atoms with Crippen LogP contribution in [0, 0.1) is 0 Å². The Bertz CT molecular complexity index is 1770. The smallest absolute Gasteiger partial charge is 0.263 e. The first kappa shape index (κ1) is 27.3. The lowest BCUT2D eigenvalue weighted by atomic mass is 9.98. The highest BCUT2D eigenvalue weighted by atomic mass is 16.5. The summed E-state index contributed by atoms with van der Waals surface area (Å²) in [5.41, 5.74) is 8.65. The van der Waals surface area contributed by atoms with Gasteiger partial charge in [-0.1, -0.05) is 36.4 Å². The number of nitrogen functional groups attached to an aromatic ring is 1. The third-order valence-corrected chi connectivity index (χ3v) is 6.59. The molecule has 0 unspecified atom stereocenters. The highest BCUT2D eigenvalue weighted by Crippen LogP contribution is 2.31. The number of rotatable bonds is 9. The summed E-state index contributed by atoms with van der Waals surface area (Å²) < 4.78 is 6.96. The third-order valence-electron chi connectivity index (χ3n) is 6.59. The summed E-state index contributed by atoms with van der Waals surface area (Å²) in [5.74, 6) is 0.158. The van der Waals surface area contributed by atoms with Crippen LogP contribution in [0.3, 0.4) is 0 Å². The molecule has 5 N–H and O–H groups in total. The van der Waals surface area contributed by atoms with Crippen molar-refractivity contribution >= 4 is 28.4 Å². The highest BCUT2D eigenvalue weighted by molar-refractivity contribution is 5.99. The van der Waals surface area contributed by atoms with Crippen molar-refractivity contribution in [1.29, 1.82) is 0 Å². The summed E-state index contributed by atoms with van der Waals surface area (Å²) in [6.45, 7) is 1.73. The van der Waals surface area contributed by atoms with E-state index in [0.29, 0.717) is 22.6 Å². The number of pyridine rings is 2. The Labute approximate surface area is 235 Å². The van der Waals surface area contributed by atoms with Crippen molar-refractivity contribution < 1.29 is 14.6 Å². The molecule has 5 rings (SSSR count). The number of nitrogens with zero attached hydrogens (tertiary/aromatic N) is 4. The van der Waals surface area contributed by atoms with E-state index in [-0.39, 0.29) is 36.0 Å². The van der Waals surface area contributed by atoms with Crippen LogP contribution in [-0.4, -0.2) is 50.8 Å². The summed E-state index contributed by atoms with van der Waals surface area (Å²) in [4.78, 5) is 39.5. The minimum Gasteiger partial charge on any atom is -0.481 e. The van der Waals surface area contributed by atoms with E-state index in [1.54, 1.807) is 23.9 Å². The monoisotopic (exact) mass is 551 g/mol. The van der Waals surface area contributed by atoms with Gasteiger partial charge in [-0.25, -0.2) is 9.97 Å². The molecule has 0 aliphatic rings. The Kier molecular flexibility index (Phi) is 7.88. The van der Waals surface area contributed by atoms with Gasteiger partial charge in [0.05, 0.1) is 25.1 Å². The maximum atomic E-state index is 14.4. The van der Waals surface area contributed by atoms with Crippen molar-refractivity contribution in [3.05, 3.63) is 101 Å². The number of hydrogen-bond acceptors (Lipinski definition) is 9. The first-order valence-electron chi connectivity index (χ1n) is 12.9. The van der Waals surface area contributed by atoms with Gasteiger partial charge in [-0.15, -0.1) is 0 Å². The average molecular weight is 552 g/mol. The maximum absolute atomic E-state index is 14.4. The molecule has 0 radical (unpaired) electrons. The largest absolute Gasteiger partial charge is 0.481 e. The van der Waals surface area contributed by atoms with Gasteiger partial charge in [0.15, 0.2) is 0 Å². The van der Waals surface area contributed by atoms with Gasteiger partial charge in [0.25, 0.3) is 11.5 Å². The molecule has 41 heavy (non-hydrogen) atoms. The second kappa shape index (κ2) is 11.8. The fourth-order valence-electron chi connectivity index (χ4n) is 4.69. The summed E-state index contributed by atoms with van der Waals surface area (Å²) >= 11 is 0. The number of anilines is 2. The van der Waals surface area contributed by atoms with Gasteiger partial charge in [-0.3, -0.25) is 14.2 Å². The number of nitrogens with two attached hydrogens (primary N) is 1. The van der Waals surface area contributed by atoms with Crippen molar-refractivity contribution in [2.75, 3.05) is 31.3 Å². The SMILES string of the molecule is COc1cc(-c2cccc3cc([C@H](C)Nc4nc(N)ncc4C(=O)NCCO)n(-c4ccccc4)c(=O)c23)ccn1. The molecular formula is C30H29N7O4. The van der Waals surface area contributed by atoms with Crippen molar-refractivity contribution in [3.8, 4) is 22.7 Å². The van der Waals surface area contributed by atoms with Crippen LogP contribution in [-0.2, 0) is 0 Å². The van der Waals surface area contributed by atoms with Crippen LogP contribution in [0.5, 0.6) is 5.88 Å². The molecule has 11 nitrogen and oxygen atoms in total. The lowest BCUT2D eigenvalue weighted by Crippen LogP contribution is -2.29. The number of fused-ring (bicyclic) bond motifs is 1. The minimum absolute atomic E-state index is 0.0187. The van der Waals surface area contributed by atoms with Crippen LogP contribution in [0.25, 0.3) is 27.6 Å². The predicted octanol–water partition coefficient (Wildman–Crippen LogP) is 3.33. The Balaban J connectivity index is 1.68. The molecule has 0 saturated carbocycles. The van der Waals surface area contributed by atoms with Crippen LogP contribution in [0.15, 0.2) is 83.9 Å². The third kappa shape index (κ3) is 5.56. The van der Waals surface area contributed by atoms with Gasteiger partial charge < -0.3 is 26.2 Å². The van der Waals surface area contributed by atoms with E-state index in [1.165, 1.54) is 6.20 Å². The molecule has 3 heterocycles. The Morgan fingerprint density at radius 2 is 1.90 bits per heavy atom. The Hall–Kier alpha value is -5.29. The quantitative estimate of drug-likeness (QED) is 0.216. The van der Waals surface area contributed by atoms with Crippen LogP contribution >= 0.6 is 0 Å². The van der Waals surface area contributed by atoms with Crippen molar-refractivity contribution in [3.63, 3.8) is 0 Å². The van der Waals surface area contributed by atoms with Crippen LogP contribution in [0.2, 0.25) is 0 Å². The molecular weight excluding hydrogens is 522 g/mol. The average Bonchev–Trinajstić information content (AvgIpc) is 3.00. The zero-order valence-electron chi connectivity index (χ0n) is 22.5. The number of aliphatic hydroxyl groups excluding tert-OH is 1. The summed E-state index contributed by atoms with van der Waals surface area (Å²) in [7, 11) is 1.55. The van der Waals surface area contributed by atoms with Gasteiger partial charge in [-0.2, -0.15) is 4.98 Å². The zero-order chi connectivity index (χ0) is 28.9. The number of aromatic nitrogens is 4. The van der Waals surface area contributed by atoms with E-state index in [2.05, 4.69) is 25.6 Å². The van der Waals surface area contributed by atoms with E-state index in [1.807, 2.05) is 67.6 Å². The molecule has 208 valence electrons. The molecule has 0 fully saturated rings. The van der Waals surface area contributed by atoms with E-state index < -0.39 is 11.9 Å². The molecule has 0 bridgehead atoms. The summed E-state index contributed by atoms with van der Waals surface area (Å²) in [6.07, 6.45) is 2.97. The van der Waals surface area contributed by atoms with Crippen molar-refractivity contribution in [1.82, 2.24) is 24.8 Å². The second-order valence-electron chi connectivity index (χ2n) is 9.24. The normalized spacial score (nSPS) is 11.7. The number of nitrogens with one attached hydrogen (secondary N) is 2. The Morgan fingerprint density at radius 3 is 2.66 bits per heavy atom. The first-order chi connectivity index (χ1) is 19.9. The highest BCUT2D eigenvalue weighted by Gasteiger charge is 2.22. The lowest BCUT2D eigenvalue weighted by Gasteiger charge is -2.23. The predicted molar refractivity (Wildman–Crippen MR) is 157 cm³/mol. The number of para-hydroxylation sites is 1. The molecule has 11 heteroatoms. The number of amides is 1. The summed E-state index contributed by atoms with van der Waals surface area (Å²) in [5, 5.41) is 16.2. The van der Waals surface area contributed by atoms with E-state index >= 15 is 0 Å². The number of carbonyl (C=O) groups is 1. The lowest BCUT2D eigenvalue weighted by molar-refractivity contribution is 0.0945. The van der Waals surface area contributed by atoms with Gasteiger partial charge in [0.1, 0.15) is 11.4 Å². The van der Waals surface area contributed by atoms with Gasteiger partial charge in [0.2, 0.25) is 11.8 Å². The van der Waals surface area contributed by atoms with Gasteiger partial charge >= 0.3 is 0 Å². The minimum atomic E-state index is -0.504. The molecule has 0 aliphatic carbocycles. The van der Waals surface area contributed by atoms with Crippen molar-refractivity contribution in [2.45, 2.75) is 13.0 Å². The molecule has 2 aromatic carbocycles. The fraction of sp³-hybridized carbons (Fsp3) is 0.167. The van der Waals surface area contributed by atoms with Crippen molar-refractivity contribution in [2.24, 2.45) is 0 Å². The van der Waals surface area contributed by atoms with E-state index in [0.717, 1.165) is 16.5 Å². The molecule has 1 amide bonds. The molecule has 5 aromatic rings. The molecule has 1 atom stereocenters. The van der Waals surface area contributed by atoms with Crippen LogP contribution in [0.4, 0.5) is 11.8 Å². The number of ether oxygens (including phenoxy) is 1. The molecule has 3 aromatic heterocycles. The fourth-order valence-corrected chi connectivity index (χ4v) is 4.69. The zero-order valence-corrected chi connectivity index (χ0v) is 22.5. The molecule has 0 saturated heterocycles. The van der Waals surface area contributed by atoms with Crippen LogP contribution in [0.1, 0.15) is 29.0 Å². The van der Waals surface area contributed by atoms with E-state index in [9.17, 15) is 9.59 Å². The van der Waals surface area contributed by atoms with Gasteiger partial charge in [-0.05, 0) is 47.7 Å². The number of aliphatic hydroxyl groups is 1. The molecule has 0 spiro atoms. The second-order valence-corrected chi connectivity index (χ2v) is 9.24. The standard InChI is InChI=1S/C30H29N7O4/c1-18(35-27-23(17-34-30(31)36-27)28(39)33-13-14-38)24-15-20-7-6-10-22(19-11-12-32-25(16-19)41-2)26(20)29(40)37(24)21-8-4-3-5-9-21/h3-12,15-18,38H,13-14H2,1-2H3,(H,33,39)(H3,31,34,35,36)/t18-/m0/s1.